The lowest BCUT2D eigenvalue weighted by molar-refractivity contribution is 0.667. The zero-order valence-electron chi connectivity index (χ0n) is 7.09. The summed E-state index contributed by atoms with van der Waals surface area (Å²) in [5.74, 6) is 0.882. The van der Waals surface area contributed by atoms with Crippen molar-refractivity contribution in [2.75, 3.05) is 7.05 Å². The van der Waals surface area contributed by atoms with Gasteiger partial charge in [0.05, 0.1) is 6.04 Å². The second-order valence-corrected chi connectivity index (χ2v) is 2.83. The fraction of sp³-hybridized carbons (Fsp3) is 0.429. The van der Waals surface area contributed by atoms with Crippen LogP contribution in [0, 0.1) is 0 Å². The monoisotopic (exact) mass is 184 g/mol. The van der Waals surface area contributed by atoms with E-state index in [1.807, 2.05) is 6.92 Å². The van der Waals surface area contributed by atoms with Crippen LogP contribution in [0.3, 0.4) is 0 Å². The number of nitrogens with zero attached hydrogens (tertiary/aromatic N) is 1. The highest BCUT2D eigenvalue weighted by atomic mass is 32.1. The van der Waals surface area contributed by atoms with Crippen molar-refractivity contribution in [2.45, 2.75) is 13.0 Å². The molecule has 0 aliphatic rings. The van der Waals surface area contributed by atoms with Gasteiger partial charge >= 0.3 is 0 Å². The summed E-state index contributed by atoms with van der Waals surface area (Å²) in [4.78, 5) is 7.10. The van der Waals surface area contributed by atoms with Gasteiger partial charge in [0, 0.05) is 19.4 Å². The fourth-order valence-corrected chi connectivity index (χ4v) is 1.03. The van der Waals surface area contributed by atoms with Gasteiger partial charge in [-0.25, -0.2) is 4.98 Å². The molecule has 0 bridgehead atoms. The Hall–Kier alpha value is -1.10. The van der Waals surface area contributed by atoms with Crippen LogP contribution in [0.1, 0.15) is 18.8 Å². The maximum absolute atomic E-state index is 4.94. The lowest BCUT2D eigenvalue weighted by atomic mass is 10.3. The highest BCUT2D eigenvalue weighted by molar-refractivity contribution is 7.80. The molecule has 0 spiro atoms. The number of imidazole rings is 1. The summed E-state index contributed by atoms with van der Waals surface area (Å²) in [6.07, 6.45) is 3.51. The van der Waals surface area contributed by atoms with Crippen LogP contribution < -0.4 is 10.6 Å². The largest absolute Gasteiger partial charge is 0.366 e. The van der Waals surface area contributed by atoms with Gasteiger partial charge in [0.2, 0.25) is 0 Å². The molecule has 0 saturated carbocycles. The Morgan fingerprint density at radius 1 is 1.75 bits per heavy atom. The van der Waals surface area contributed by atoms with Crippen molar-refractivity contribution in [1.29, 1.82) is 0 Å². The number of H-pyrrole nitrogens is 1. The van der Waals surface area contributed by atoms with Crippen LogP contribution in [0.4, 0.5) is 0 Å². The number of aromatic amines is 1. The van der Waals surface area contributed by atoms with E-state index in [9.17, 15) is 0 Å². The Morgan fingerprint density at radius 2 is 2.50 bits per heavy atom. The van der Waals surface area contributed by atoms with Crippen LogP contribution in [0.5, 0.6) is 0 Å². The standard InChI is InChI=1S/C7H12N4S/c1-5(11-7(12)8-2)6-9-3-4-10-6/h3-5H,1-2H3,(H,9,10)(H2,8,11,12). The van der Waals surface area contributed by atoms with E-state index in [0.717, 1.165) is 5.82 Å². The summed E-state index contributed by atoms with van der Waals surface area (Å²) in [7, 11) is 1.78. The first kappa shape index (κ1) is 8.99. The Labute approximate surface area is 76.8 Å². The zero-order chi connectivity index (χ0) is 8.97. The van der Waals surface area contributed by atoms with Crippen LogP contribution in [0.2, 0.25) is 0 Å². The van der Waals surface area contributed by atoms with E-state index in [1.165, 1.54) is 0 Å². The molecule has 0 radical (unpaired) electrons. The minimum Gasteiger partial charge on any atom is -0.366 e. The molecule has 3 N–H and O–H groups in total. The van der Waals surface area contributed by atoms with Crippen molar-refractivity contribution in [3.63, 3.8) is 0 Å². The number of aromatic nitrogens is 2. The van der Waals surface area contributed by atoms with E-state index in [1.54, 1.807) is 19.4 Å². The summed E-state index contributed by atoms with van der Waals surface area (Å²) in [5.41, 5.74) is 0. The van der Waals surface area contributed by atoms with Crippen molar-refractivity contribution in [3.05, 3.63) is 18.2 Å². The van der Waals surface area contributed by atoms with Gasteiger partial charge in [-0.1, -0.05) is 0 Å². The van der Waals surface area contributed by atoms with Crippen molar-refractivity contribution >= 4 is 17.3 Å². The molecule has 0 aromatic carbocycles. The van der Waals surface area contributed by atoms with Crippen LogP contribution in [-0.4, -0.2) is 22.1 Å². The van der Waals surface area contributed by atoms with Gasteiger partial charge in [0.15, 0.2) is 5.11 Å². The lowest BCUT2D eigenvalue weighted by Crippen LogP contribution is -2.34. The zero-order valence-corrected chi connectivity index (χ0v) is 7.90. The summed E-state index contributed by atoms with van der Waals surface area (Å²) in [5, 5.41) is 6.52. The van der Waals surface area contributed by atoms with E-state index in [0.29, 0.717) is 5.11 Å². The fourth-order valence-electron chi connectivity index (χ4n) is 0.851. The Balaban J connectivity index is 2.49. The average molecular weight is 184 g/mol. The molecule has 1 rings (SSSR count). The molecule has 0 saturated heterocycles. The SMILES string of the molecule is CNC(=S)NC(C)c1ncc[nH]1. The highest BCUT2D eigenvalue weighted by Crippen LogP contribution is 2.03. The smallest absolute Gasteiger partial charge is 0.166 e. The van der Waals surface area contributed by atoms with E-state index in [2.05, 4.69) is 20.6 Å². The van der Waals surface area contributed by atoms with E-state index in [-0.39, 0.29) is 6.04 Å². The van der Waals surface area contributed by atoms with Crippen LogP contribution >= 0.6 is 12.2 Å². The van der Waals surface area contributed by atoms with E-state index in [4.69, 9.17) is 12.2 Å². The minimum absolute atomic E-state index is 0.111. The van der Waals surface area contributed by atoms with Crippen molar-refractivity contribution in [1.82, 2.24) is 20.6 Å². The van der Waals surface area contributed by atoms with Gasteiger partial charge in [-0.15, -0.1) is 0 Å². The summed E-state index contributed by atoms with van der Waals surface area (Å²) in [6.45, 7) is 1.99. The van der Waals surface area contributed by atoms with Crippen LogP contribution in [0.25, 0.3) is 0 Å². The lowest BCUT2D eigenvalue weighted by Gasteiger charge is -2.12. The Kier molecular flexibility index (Phi) is 3.04. The molecule has 1 aromatic heterocycles. The number of nitrogens with one attached hydrogen (secondary N) is 3. The number of hydrogen-bond donors (Lipinski definition) is 3. The molecule has 4 nitrogen and oxygen atoms in total. The number of thiocarbonyl (C=S) groups is 1. The maximum Gasteiger partial charge on any atom is 0.166 e. The Morgan fingerprint density at radius 3 is 3.00 bits per heavy atom. The van der Waals surface area contributed by atoms with Gasteiger partial charge in [0.1, 0.15) is 5.82 Å². The molecule has 66 valence electrons. The van der Waals surface area contributed by atoms with Crippen molar-refractivity contribution in [3.8, 4) is 0 Å². The average Bonchev–Trinajstić information content (AvgIpc) is 2.56. The summed E-state index contributed by atoms with van der Waals surface area (Å²) < 4.78 is 0. The second-order valence-electron chi connectivity index (χ2n) is 2.42. The summed E-state index contributed by atoms with van der Waals surface area (Å²) in [6, 6.07) is 0.111. The predicted octanol–water partition coefficient (Wildman–Crippen LogP) is 0.565. The predicted molar refractivity (Wildman–Crippen MR) is 51.8 cm³/mol. The maximum atomic E-state index is 4.94. The number of hydrogen-bond acceptors (Lipinski definition) is 2. The first-order valence-corrected chi connectivity index (χ1v) is 4.12. The normalized spacial score (nSPS) is 12.2. The quantitative estimate of drug-likeness (QED) is 0.588. The first-order valence-electron chi connectivity index (χ1n) is 3.71. The van der Waals surface area contributed by atoms with Crippen molar-refractivity contribution < 1.29 is 0 Å². The Bertz CT molecular complexity index is 244. The third-order valence-electron chi connectivity index (χ3n) is 1.50. The molecule has 5 heteroatoms. The molecule has 0 fully saturated rings. The van der Waals surface area contributed by atoms with Crippen LogP contribution in [0.15, 0.2) is 12.4 Å². The van der Waals surface area contributed by atoms with Gasteiger partial charge in [-0.2, -0.15) is 0 Å². The molecular formula is C7H12N4S. The highest BCUT2D eigenvalue weighted by Gasteiger charge is 2.06. The van der Waals surface area contributed by atoms with Gasteiger partial charge in [-0.3, -0.25) is 0 Å². The minimum atomic E-state index is 0.111. The summed E-state index contributed by atoms with van der Waals surface area (Å²) >= 11 is 4.94. The van der Waals surface area contributed by atoms with Crippen LogP contribution in [-0.2, 0) is 0 Å². The molecular weight excluding hydrogens is 172 g/mol. The third kappa shape index (κ3) is 2.20. The van der Waals surface area contributed by atoms with E-state index >= 15 is 0 Å². The topological polar surface area (TPSA) is 52.7 Å². The molecule has 0 aliphatic heterocycles. The molecule has 0 amide bonds. The van der Waals surface area contributed by atoms with Crippen molar-refractivity contribution in [2.24, 2.45) is 0 Å². The molecule has 1 aromatic rings. The molecule has 0 aliphatic carbocycles. The van der Waals surface area contributed by atoms with Gasteiger partial charge in [-0.05, 0) is 19.1 Å². The molecule has 12 heavy (non-hydrogen) atoms. The molecule has 1 unspecified atom stereocenters. The number of rotatable bonds is 2. The third-order valence-corrected chi connectivity index (χ3v) is 1.83. The molecule has 1 heterocycles. The van der Waals surface area contributed by atoms with Gasteiger partial charge < -0.3 is 15.6 Å². The first-order chi connectivity index (χ1) is 5.74. The second kappa shape index (κ2) is 4.06. The molecule has 1 atom stereocenters. The van der Waals surface area contributed by atoms with Gasteiger partial charge in [0.25, 0.3) is 0 Å². The van der Waals surface area contributed by atoms with E-state index < -0.39 is 0 Å².